The van der Waals surface area contributed by atoms with Crippen LogP contribution in [0.3, 0.4) is 0 Å². The normalized spacial score (nSPS) is 14.2. The molecule has 18 heavy (non-hydrogen) atoms. The molecule has 1 amide bonds. The molecule has 1 aromatic rings. The first kappa shape index (κ1) is 12.6. The van der Waals surface area contributed by atoms with Gasteiger partial charge in [0.2, 0.25) is 5.91 Å². The van der Waals surface area contributed by atoms with Crippen molar-refractivity contribution in [2.45, 2.75) is 12.8 Å². The average Bonchev–Trinajstić information content (AvgIpc) is 3.13. The number of hydrogen-bond donors (Lipinski definition) is 3. The lowest BCUT2D eigenvalue weighted by Crippen LogP contribution is -2.29. The van der Waals surface area contributed by atoms with Crippen molar-refractivity contribution in [3.8, 4) is 0 Å². The summed E-state index contributed by atoms with van der Waals surface area (Å²) < 4.78 is 0. The Kier molecular flexibility index (Phi) is 3.94. The van der Waals surface area contributed by atoms with Gasteiger partial charge < -0.3 is 15.7 Å². The van der Waals surface area contributed by atoms with Crippen LogP contribution in [-0.4, -0.2) is 30.1 Å². The highest BCUT2D eigenvalue weighted by atomic mass is 16.4. The van der Waals surface area contributed by atoms with Crippen molar-refractivity contribution in [2.75, 3.05) is 18.4 Å². The van der Waals surface area contributed by atoms with E-state index in [1.165, 1.54) is 25.0 Å². The molecule has 1 fully saturated rings. The molecule has 2 rings (SSSR count). The number of anilines is 1. The molecule has 0 heterocycles. The lowest BCUT2D eigenvalue weighted by molar-refractivity contribution is -0.115. The summed E-state index contributed by atoms with van der Waals surface area (Å²) in [5.41, 5.74) is 0.673. The topological polar surface area (TPSA) is 78.4 Å². The van der Waals surface area contributed by atoms with Gasteiger partial charge in [-0.2, -0.15) is 0 Å². The summed E-state index contributed by atoms with van der Waals surface area (Å²) >= 11 is 0. The number of hydrogen-bond acceptors (Lipinski definition) is 3. The molecular weight excluding hydrogens is 232 g/mol. The Hall–Kier alpha value is -1.88. The minimum absolute atomic E-state index is 0.154. The van der Waals surface area contributed by atoms with Gasteiger partial charge in [-0.3, -0.25) is 4.79 Å². The number of nitrogens with one attached hydrogen (secondary N) is 2. The molecule has 5 heteroatoms. The van der Waals surface area contributed by atoms with Crippen LogP contribution in [0.2, 0.25) is 0 Å². The SMILES string of the molecule is O=C(CNCC1CC1)Nc1cccc(C(=O)O)c1. The Morgan fingerprint density at radius 3 is 2.78 bits per heavy atom. The van der Waals surface area contributed by atoms with Crippen LogP contribution in [-0.2, 0) is 4.79 Å². The van der Waals surface area contributed by atoms with Gasteiger partial charge in [0.15, 0.2) is 0 Å². The van der Waals surface area contributed by atoms with Crippen LogP contribution in [0.1, 0.15) is 23.2 Å². The predicted molar refractivity (Wildman–Crippen MR) is 67.6 cm³/mol. The van der Waals surface area contributed by atoms with E-state index in [9.17, 15) is 9.59 Å². The van der Waals surface area contributed by atoms with Crippen LogP contribution in [0, 0.1) is 5.92 Å². The van der Waals surface area contributed by atoms with Gasteiger partial charge in [0.25, 0.3) is 0 Å². The molecule has 0 spiro atoms. The molecule has 0 saturated heterocycles. The molecule has 0 radical (unpaired) electrons. The molecule has 3 N–H and O–H groups in total. The second kappa shape index (κ2) is 5.64. The molecule has 0 aromatic heterocycles. The third-order valence-electron chi connectivity index (χ3n) is 2.81. The highest BCUT2D eigenvalue weighted by molar-refractivity contribution is 5.94. The molecule has 1 aliphatic rings. The van der Waals surface area contributed by atoms with E-state index in [0.717, 1.165) is 12.5 Å². The smallest absolute Gasteiger partial charge is 0.335 e. The number of carboxylic acid groups (broad SMARTS) is 1. The number of carboxylic acids is 1. The zero-order chi connectivity index (χ0) is 13.0. The highest BCUT2D eigenvalue weighted by Gasteiger charge is 2.20. The average molecular weight is 248 g/mol. The fourth-order valence-electron chi connectivity index (χ4n) is 1.65. The molecule has 96 valence electrons. The molecule has 5 nitrogen and oxygen atoms in total. The Bertz CT molecular complexity index is 455. The number of carbonyl (C=O) groups is 2. The number of rotatable bonds is 6. The standard InChI is InChI=1S/C13H16N2O3/c16-12(8-14-7-9-4-5-9)15-11-3-1-2-10(6-11)13(17)18/h1-3,6,9,14H,4-5,7-8H2,(H,15,16)(H,17,18). The summed E-state index contributed by atoms with van der Waals surface area (Å²) in [7, 11) is 0. The van der Waals surface area contributed by atoms with Gasteiger partial charge in [-0.1, -0.05) is 6.07 Å². The number of amides is 1. The quantitative estimate of drug-likeness (QED) is 0.709. The van der Waals surface area contributed by atoms with E-state index in [1.807, 2.05) is 0 Å². The monoisotopic (exact) mass is 248 g/mol. The van der Waals surface area contributed by atoms with Crippen LogP contribution in [0.25, 0.3) is 0 Å². The summed E-state index contributed by atoms with van der Waals surface area (Å²) in [5.74, 6) is -0.427. The lowest BCUT2D eigenvalue weighted by Gasteiger charge is -2.06. The zero-order valence-corrected chi connectivity index (χ0v) is 9.98. The zero-order valence-electron chi connectivity index (χ0n) is 9.98. The molecule has 0 unspecified atom stereocenters. The summed E-state index contributed by atoms with van der Waals surface area (Å²) in [5, 5.41) is 14.6. The maximum Gasteiger partial charge on any atom is 0.335 e. The summed E-state index contributed by atoms with van der Waals surface area (Å²) in [4.78, 5) is 22.3. The second-order valence-corrected chi connectivity index (χ2v) is 4.51. The summed E-state index contributed by atoms with van der Waals surface area (Å²) in [6.07, 6.45) is 2.49. The largest absolute Gasteiger partial charge is 0.478 e. The van der Waals surface area contributed by atoms with Crippen LogP contribution in [0.4, 0.5) is 5.69 Å². The van der Waals surface area contributed by atoms with Crippen molar-refractivity contribution in [1.29, 1.82) is 0 Å². The number of benzene rings is 1. The van der Waals surface area contributed by atoms with Crippen molar-refractivity contribution in [2.24, 2.45) is 5.92 Å². The van der Waals surface area contributed by atoms with Crippen molar-refractivity contribution in [3.63, 3.8) is 0 Å². The van der Waals surface area contributed by atoms with Crippen LogP contribution < -0.4 is 10.6 Å². The van der Waals surface area contributed by atoms with E-state index < -0.39 is 5.97 Å². The maximum absolute atomic E-state index is 11.6. The van der Waals surface area contributed by atoms with E-state index in [2.05, 4.69) is 10.6 Å². The van der Waals surface area contributed by atoms with Gasteiger partial charge in [0.1, 0.15) is 0 Å². The lowest BCUT2D eigenvalue weighted by atomic mass is 10.2. The fraction of sp³-hybridized carbons (Fsp3) is 0.385. The van der Waals surface area contributed by atoms with Gasteiger partial charge in [-0.05, 0) is 43.5 Å². The third-order valence-corrected chi connectivity index (χ3v) is 2.81. The minimum Gasteiger partial charge on any atom is -0.478 e. The number of carbonyl (C=O) groups excluding carboxylic acids is 1. The highest BCUT2D eigenvalue weighted by Crippen LogP contribution is 2.27. The van der Waals surface area contributed by atoms with E-state index in [4.69, 9.17) is 5.11 Å². The first-order valence-corrected chi connectivity index (χ1v) is 5.99. The molecular formula is C13H16N2O3. The van der Waals surface area contributed by atoms with Gasteiger partial charge in [0, 0.05) is 5.69 Å². The van der Waals surface area contributed by atoms with Crippen LogP contribution in [0.5, 0.6) is 0 Å². The Balaban J connectivity index is 1.81. The van der Waals surface area contributed by atoms with Gasteiger partial charge in [-0.25, -0.2) is 4.79 Å². The molecule has 0 bridgehead atoms. The maximum atomic E-state index is 11.6. The predicted octanol–water partition coefficient (Wildman–Crippen LogP) is 1.32. The van der Waals surface area contributed by atoms with Crippen molar-refractivity contribution in [3.05, 3.63) is 29.8 Å². The number of aromatic carboxylic acids is 1. The van der Waals surface area contributed by atoms with Crippen molar-refractivity contribution in [1.82, 2.24) is 5.32 Å². The third kappa shape index (κ3) is 3.85. The molecule has 1 saturated carbocycles. The molecule has 1 aromatic carbocycles. The Morgan fingerprint density at radius 1 is 1.33 bits per heavy atom. The fourth-order valence-corrected chi connectivity index (χ4v) is 1.65. The minimum atomic E-state index is -1.00. The second-order valence-electron chi connectivity index (χ2n) is 4.51. The summed E-state index contributed by atoms with van der Waals surface area (Å²) in [6.45, 7) is 1.14. The van der Waals surface area contributed by atoms with Crippen LogP contribution in [0.15, 0.2) is 24.3 Å². The first-order valence-electron chi connectivity index (χ1n) is 5.99. The van der Waals surface area contributed by atoms with E-state index in [-0.39, 0.29) is 18.0 Å². The Morgan fingerprint density at radius 2 is 2.11 bits per heavy atom. The molecule has 0 aliphatic heterocycles. The van der Waals surface area contributed by atoms with Crippen LogP contribution >= 0.6 is 0 Å². The van der Waals surface area contributed by atoms with Crippen molar-refractivity contribution >= 4 is 17.6 Å². The first-order chi connectivity index (χ1) is 8.65. The van der Waals surface area contributed by atoms with E-state index in [1.54, 1.807) is 12.1 Å². The van der Waals surface area contributed by atoms with Gasteiger partial charge in [0.05, 0.1) is 12.1 Å². The molecule has 0 atom stereocenters. The van der Waals surface area contributed by atoms with E-state index in [0.29, 0.717) is 5.69 Å². The van der Waals surface area contributed by atoms with Gasteiger partial charge in [-0.15, -0.1) is 0 Å². The molecule has 1 aliphatic carbocycles. The van der Waals surface area contributed by atoms with Crippen molar-refractivity contribution < 1.29 is 14.7 Å². The summed E-state index contributed by atoms with van der Waals surface area (Å²) in [6, 6.07) is 6.21. The van der Waals surface area contributed by atoms with Gasteiger partial charge >= 0.3 is 5.97 Å². The van der Waals surface area contributed by atoms with E-state index >= 15 is 0 Å². The Labute approximate surface area is 105 Å².